The maximum absolute atomic E-state index is 13.2. The van der Waals surface area contributed by atoms with E-state index in [1.165, 1.54) is 18.2 Å². The maximum Gasteiger partial charge on any atom is 0.510 e. The molecule has 0 unspecified atom stereocenters. The average molecular weight is 261 g/mol. The lowest BCUT2D eigenvalue weighted by Crippen LogP contribution is -2.18. The molecule has 2 rings (SSSR count). The van der Waals surface area contributed by atoms with Crippen LogP contribution in [0, 0.1) is 6.92 Å². The van der Waals surface area contributed by atoms with Gasteiger partial charge in [-0.05, 0) is 12.5 Å². The van der Waals surface area contributed by atoms with Gasteiger partial charge in [0.1, 0.15) is 0 Å². The first kappa shape index (κ1) is 13.5. The molecule has 0 nitrogen and oxygen atoms in total. The zero-order valence-electron chi connectivity index (χ0n) is 10.5. The summed E-state index contributed by atoms with van der Waals surface area (Å²) in [6.45, 7) is -3.14. The van der Waals surface area contributed by atoms with Crippen molar-refractivity contribution in [2.45, 2.75) is 6.92 Å². The van der Waals surface area contributed by atoms with Crippen LogP contribution in [0.4, 0.5) is 12.9 Å². The quantitative estimate of drug-likeness (QED) is 0.543. The number of hydrogen-bond donors (Lipinski definition) is 0. The molecule has 0 aliphatic heterocycles. The summed E-state index contributed by atoms with van der Waals surface area (Å²) in [5.41, 5.74) is 1.22. The van der Waals surface area contributed by atoms with E-state index in [9.17, 15) is 12.9 Å². The van der Waals surface area contributed by atoms with Gasteiger partial charge in [0.15, 0.2) is 0 Å². The van der Waals surface area contributed by atoms with Gasteiger partial charge in [-0.25, -0.2) is 0 Å². The van der Waals surface area contributed by atoms with Crippen molar-refractivity contribution in [3.63, 3.8) is 0 Å². The fourth-order valence-corrected chi connectivity index (χ4v) is 1.84. The Morgan fingerprint density at radius 3 is 2.00 bits per heavy atom. The molecule has 0 saturated carbocycles. The van der Waals surface area contributed by atoms with Crippen molar-refractivity contribution in [2.75, 3.05) is 0 Å². The molecule has 0 heterocycles. The highest BCUT2D eigenvalue weighted by Gasteiger charge is 2.29. The van der Waals surface area contributed by atoms with E-state index in [2.05, 4.69) is 0 Å². The first-order chi connectivity index (χ1) is 8.97. The molecule has 0 bridgehead atoms. The number of halogens is 3. The topological polar surface area (TPSA) is 0 Å². The lowest BCUT2D eigenvalue weighted by Gasteiger charge is -2.20. The molecule has 0 radical (unpaired) electrons. The van der Waals surface area contributed by atoms with E-state index in [0.717, 1.165) is 5.56 Å². The van der Waals surface area contributed by atoms with E-state index in [1.54, 1.807) is 42.5 Å². The summed E-state index contributed by atoms with van der Waals surface area (Å²) in [7, 11) is 0. The molecule has 0 aliphatic rings. The SMILES string of the molecule is Cc1ccc(/C=C(\c2ccccc2)[B-](F)(F)F)cc1. The molecule has 0 N–H and O–H groups in total. The fraction of sp³-hybridized carbons (Fsp3) is 0.0667. The molecule has 0 atom stereocenters. The van der Waals surface area contributed by atoms with Crippen LogP contribution in [0.25, 0.3) is 11.5 Å². The van der Waals surface area contributed by atoms with Crippen molar-refractivity contribution in [3.05, 3.63) is 71.3 Å². The lowest BCUT2D eigenvalue weighted by molar-refractivity contribution is 0.503. The van der Waals surface area contributed by atoms with E-state index >= 15 is 0 Å². The molecule has 0 amide bonds. The average Bonchev–Trinajstić information content (AvgIpc) is 2.37. The summed E-state index contributed by atoms with van der Waals surface area (Å²) in [4.78, 5) is 0. The van der Waals surface area contributed by atoms with Gasteiger partial charge in [-0.1, -0.05) is 71.8 Å². The third-order valence-corrected chi connectivity index (χ3v) is 2.86. The van der Waals surface area contributed by atoms with Crippen molar-refractivity contribution in [1.29, 1.82) is 0 Å². The number of hydrogen-bond acceptors (Lipinski definition) is 0. The molecule has 2 aromatic carbocycles. The van der Waals surface area contributed by atoms with Crippen molar-refractivity contribution in [3.8, 4) is 0 Å². The Morgan fingerprint density at radius 1 is 0.895 bits per heavy atom. The minimum atomic E-state index is -5.04. The van der Waals surface area contributed by atoms with Crippen LogP contribution in [0.1, 0.15) is 16.7 Å². The molecule has 4 heteroatoms. The molecule has 98 valence electrons. The van der Waals surface area contributed by atoms with Gasteiger partial charge in [0.2, 0.25) is 0 Å². The van der Waals surface area contributed by atoms with Crippen LogP contribution in [-0.2, 0) is 0 Å². The van der Waals surface area contributed by atoms with Crippen LogP contribution < -0.4 is 0 Å². The van der Waals surface area contributed by atoms with Gasteiger partial charge in [-0.15, -0.1) is 5.47 Å². The third kappa shape index (κ3) is 3.50. The van der Waals surface area contributed by atoms with E-state index in [4.69, 9.17) is 0 Å². The lowest BCUT2D eigenvalue weighted by atomic mass is 9.74. The Balaban J connectivity index is 2.47. The minimum Gasteiger partial charge on any atom is -0.445 e. The Bertz CT molecular complexity index is 569. The first-order valence-electron chi connectivity index (χ1n) is 6.00. The van der Waals surface area contributed by atoms with Crippen molar-refractivity contribution >= 4 is 18.5 Å². The molecule has 0 spiro atoms. The predicted molar refractivity (Wildman–Crippen MR) is 74.6 cm³/mol. The smallest absolute Gasteiger partial charge is 0.445 e. The van der Waals surface area contributed by atoms with E-state index in [0.29, 0.717) is 5.56 Å². The molecule has 2 aromatic rings. The monoisotopic (exact) mass is 261 g/mol. The summed E-state index contributed by atoms with van der Waals surface area (Å²) < 4.78 is 39.5. The zero-order valence-corrected chi connectivity index (χ0v) is 10.5. The number of rotatable bonds is 3. The number of aryl methyl sites for hydroxylation is 1. The van der Waals surface area contributed by atoms with E-state index < -0.39 is 12.4 Å². The summed E-state index contributed by atoms with van der Waals surface area (Å²) in [5.74, 6) is 0. The predicted octanol–water partition coefficient (Wildman–Crippen LogP) is 4.92. The van der Waals surface area contributed by atoms with Crippen LogP contribution >= 0.6 is 0 Å². The second kappa shape index (κ2) is 5.35. The molecule has 0 fully saturated rings. The zero-order chi connectivity index (χ0) is 13.9. The van der Waals surface area contributed by atoms with Crippen molar-refractivity contribution < 1.29 is 12.9 Å². The first-order valence-corrected chi connectivity index (χ1v) is 6.00. The fourth-order valence-electron chi connectivity index (χ4n) is 1.84. The summed E-state index contributed by atoms with van der Waals surface area (Å²) >= 11 is 0. The Kier molecular flexibility index (Phi) is 3.79. The second-order valence-electron chi connectivity index (χ2n) is 4.45. The van der Waals surface area contributed by atoms with E-state index in [-0.39, 0.29) is 5.56 Å². The molecule has 0 saturated heterocycles. The summed E-state index contributed by atoms with van der Waals surface area (Å²) in [6.07, 6.45) is 1.20. The minimum absolute atomic E-state index is 0.204. The van der Waals surface area contributed by atoms with Gasteiger partial charge in [-0.3, -0.25) is 0 Å². The van der Waals surface area contributed by atoms with Gasteiger partial charge in [0.25, 0.3) is 0 Å². The van der Waals surface area contributed by atoms with Crippen LogP contribution in [0.15, 0.2) is 54.6 Å². The van der Waals surface area contributed by atoms with Gasteiger partial charge < -0.3 is 12.9 Å². The molecular formula is C15H13BF3-. The Hall–Kier alpha value is -1.97. The van der Waals surface area contributed by atoms with Gasteiger partial charge >= 0.3 is 6.98 Å². The molecule has 0 aromatic heterocycles. The van der Waals surface area contributed by atoms with Gasteiger partial charge in [0.05, 0.1) is 0 Å². The number of benzene rings is 2. The highest BCUT2D eigenvalue weighted by atomic mass is 19.4. The standard InChI is InChI=1S/C15H13BF3/c1-12-7-9-13(10-8-12)11-15(16(17,18)19)14-5-3-2-4-6-14/h2-11H,1H3/q-1/b15-11+. The normalized spacial score (nSPS) is 12.5. The van der Waals surface area contributed by atoms with Gasteiger partial charge in [-0.2, -0.15) is 0 Å². The van der Waals surface area contributed by atoms with E-state index in [1.807, 2.05) is 6.92 Å². The van der Waals surface area contributed by atoms with Crippen LogP contribution in [0.5, 0.6) is 0 Å². The molecule has 0 aliphatic carbocycles. The Morgan fingerprint density at radius 2 is 1.47 bits per heavy atom. The maximum atomic E-state index is 13.2. The van der Waals surface area contributed by atoms with Crippen LogP contribution in [-0.4, -0.2) is 6.98 Å². The van der Waals surface area contributed by atoms with Crippen LogP contribution in [0.2, 0.25) is 0 Å². The summed E-state index contributed by atoms with van der Waals surface area (Å²) in [6, 6.07) is 14.9. The third-order valence-electron chi connectivity index (χ3n) is 2.86. The second-order valence-corrected chi connectivity index (χ2v) is 4.45. The molecular weight excluding hydrogens is 248 g/mol. The van der Waals surface area contributed by atoms with Crippen molar-refractivity contribution in [2.24, 2.45) is 0 Å². The Labute approximate surface area is 110 Å². The van der Waals surface area contributed by atoms with Crippen molar-refractivity contribution in [1.82, 2.24) is 0 Å². The highest BCUT2D eigenvalue weighted by molar-refractivity contribution is 6.80. The van der Waals surface area contributed by atoms with Crippen LogP contribution in [0.3, 0.4) is 0 Å². The van der Waals surface area contributed by atoms with Gasteiger partial charge in [0, 0.05) is 0 Å². The summed E-state index contributed by atoms with van der Waals surface area (Å²) in [5, 5.41) is 0. The highest BCUT2D eigenvalue weighted by Crippen LogP contribution is 2.31. The largest absolute Gasteiger partial charge is 0.510 e. The molecule has 19 heavy (non-hydrogen) atoms.